The van der Waals surface area contributed by atoms with Gasteiger partial charge in [-0.15, -0.1) is 0 Å². The predicted molar refractivity (Wildman–Crippen MR) is 96.7 cm³/mol. The fourth-order valence-corrected chi connectivity index (χ4v) is 2.47. The summed E-state index contributed by atoms with van der Waals surface area (Å²) in [6.07, 6.45) is 1.53. The number of rotatable bonds is 5. The number of benzene rings is 2. The van der Waals surface area contributed by atoms with Crippen molar-refractivity contribution in [2.75, 3.05) is 11.9 Å². The van der Waals surface area contributed by atoms with Gasteiger partial charge in [0.25, 0.3) is 5.91 Å². The van der Waals surface area contributed by atoms with Crippen molar-refractivity contribution in [1.29, 1.82) is 0 Å². The first-order valence-electron chi connectivity index (χ1n) is 7.97. The lowest BCUT2D eigenvalue weighted by molar-refractivity contribution is -0.127. The second kappa shape index (κ2) is 7.52. The van der Waals surface area contributed by atoms with Gasteiger partial charge in [0.1, 0.15) is 12.2 Å². The molecular formula is C19H15N3O5. The molecule has 0 atom stereocenters. The Labute approximate surface area is 154 Å². The maximum Gasteiger partial charge on any atom is 0.335 e. The van der Waals surface area contributed by atoms with Crippen molar-refractivity contribution < 1.29 is 24.3 Å². The minimum Gasteiger partial charge on any atom is -0.478 e. The predicted octanol–water partition coefficient (Wildman–Crippen LogP) is 1.92. The first-order chi connectivity index (χ1) is 12.9. The summed E-state index contributed by atoms with van der Waals surface area (Å²) in [5, 5.41) is 13.8. The number of carboxylic acids is 1. The molecular weight excluding hydrogens is 350 g/mol. The van der Waals surface area contributed by atoms with Crippen LogP contribution in [0.2, 0.25) is 0 Å². The molecule has 0 spiro atoms. The van der Waals surface area contributed by atoms with Gasteiger partial charge in [0.2, 0.25) is 5.91 Å². The van der Waals surface area contributed by atoms with Crippen LogP contribution < -0.4 is 10.6 Å². The minimum atomic E-state index is -1.08. The second-order valence-electron chi connectivity index (χ2n) is 5.72. The molecule has 1 aliphatic rings. The van der Waals surface area contributed by atoms with E-state index in [2.05, 4.69) is 10.6 Å². The highest BCUT2D eigenvalue weighted by Crippen LogP contribution is 2.15. The number of imide groups is 1. The molecule has 1 heterocycles. The van der Waals surface area contributed by atoms with Crippen molar-refractivity contribution in [2.45, 2.75) is 0 Å². The first-order valence-corrected chi connectivity index (χ1v) is 7.97. The van der Waals surface area contributed by atoms with Gasteiger partial charge < -0.3 is 15.7 Å². The van der Waals surface area contributed by atoms with Crippen molar-refractivity contribution in [3.8, 4) is 0 Å². The highest BCUT2D eigenvalue weighted by molar-refractivity contribution is 6.15. The monoisotopic (exact) mass is 365 g/mol. The third-order valence-corrected chi connectivity index (χ3v) is 3.79. The van der Waals surface area contributed by atoms with Crippen LogP contribution in [0.15, 0.2) is 60.3 Å². The number of hydrogen-bond acceptors (Lipinski definition) is 4. The van der Waals surface area contributed by atoms with Gasteiger partial charge >= 0.3 is 12.0 Å². The van der Waals surface area contributed by atoms with Crippen LogP contribution in [0.3, 0.4) is 0 Å². The van der Waals surface area contributed by atoms with Crippen molar-refractivity contribution >= 4 is 35.6 Å². The smallest absolute Gasteiger partial charge is 0.335 e. The largest absolute Gasteiger partial charge is 0.478 e. The Morgan fingerprint density at radius 2 is 1.70 bits per heavy atom. The van der Waals surface area contributed by atoms with E-state index in [4.69, 9.17) is 5.11 Å². The van der Waals surface area contributed by atoms with E-state index in [1.165, 1.54) is 30.3 Å². The lowest BCUT2D eigenvalue weighted by atomic mass is 10.2. The van der Waals surface area contributed by atoms with Gasteiger partial charge in [0.15, 0.2) is 0 Å². The Hall–Kier alpha value is -3.94. The van der Waals surface area contributed by atoms with Gasteiger partial charge in [-0.2, -0.15) is 0 Å². The lowest BCUT2D eigenvalue weighted by Crippen LogP contribution is -2.38. The van der Waals surface area contributed by atoms with E-state index in [0.717, 1.165) is 10.5 Å². The molecule has 1 aliphatic heterocycles. The fraction of sp³-hybridized carbons (Fsp3) is 0.0526. The number of carboxylic acid groups (broad SMARTS) is 1. The minimum absolute atomic E-state index is 0.0813. The number of hydrogen-bond donors (Lipinski definition) is 3. The average molecular weight is 365 g/mol. The van der Waals surface area contributed by atoms with Crippen LogP contribution in [0.5, 0.6) is 0 Å². The van der Waals surface area contributed by atoms with Crippen LogP contribution in [0.25, 0.3) is 6.08 Å². The molecule has 0 saturated carbocycles. The Balaban J connectivity index is 1.65. The molecule has 8 heteroatoms. The van der Waals surface area contributed by atoms with Gasteiger partial charge in [-0.05, 0) is 35.9 Å². The molecule has 8 nitrogen and oxygen atoms in total. The Morgan fingerprint density at radius 3 is 2.33 bits per heavy atom. The molecule has 2 aromatic rings. The summed E-state index contributed by atoms with van der Waals surface area (Å²) in [7, 11) is 0. The number of aromatic carboxylic acids is 1. The van der Waals surface area contributed by atoms with E-state index < -0.39 is 30.4 Å². The Morgan fingerprint density at radius 1 is 1.04 bits per heavy atom. The number of amides is 4. The molecule has 27 heavy (non-hydrogen) atoms. The van der Waals surface area contributed by atoms with Crippen molar-refractivity contribution in [1.82, 2.24) is 10.2 Å². The van der Waals surface area contributed by atoms with E-state index in [1.807, 2.05) is 6.07 Å². The summed E-state index contributed by atoms with van der Waals surface area (Å²) >= 11 is 0. The molecule has 0 unspecified atom stereocenters. The Bertz CT molecular complexity index is 936. The fourth-order valence-electron chi connectivity index (χ4n) is 2.47. The van der Waals surface area contributed by atoms with E-state index in [1.54, 1.807) is 24.3 Å². The number of anilines is 1. The second-order valence-corrected chi connectivity index (χ2v) is 5.72. The van der Waals surface area contributed by atoms with Crippen molar-refractivity contribution in [3.05, 3.63) is 71.4 Å². The molecule has 0 aromatic heterocycles. The van der Waals surface area contributed by atoms with E-state index >= 15 is 0 Å². The lowest BCUT2D eigenvalue weighted by Gasteiger charge is -2.12. The molecule has 3 N–H and O–H groups in total. The molecule has 2 aromatic carbocycles. The standard InChI is InChI=1S/C19H15N3O5/c23-16(20-14-8-6-13(7-9-14)18(25)26)11-22-17(24)15(21-19(22)27)10-12-4-2-1-3-5-12/h1-10H,11H2,(H,20,23)(H,21,27)(H,25,26)/b15-10-. The zero-order chi connectivity index (χ0) is 19.4. The van der Waals surface area contributed by atoms with Gasteiger partial charge in [-0.1, -0.05) is 30.3 Å². The zero-order valence-electron chi connectivity index (χ0n) is 14.0. The van der Waals surface area contributed by atoms with Crippen molar-refractivity contribution in [3.63, 3.8) is 0 Å². The van der Waals surface area contributed by atoms with E-state index in [9.17, 15) is 19.2 Å². The van der Waals surface area contributed by atoms with Crippen LogP contribution in [-0.4, -0.2) is 40.4 Å². The molecule has 0 aliphatic carbocycles. The quantitative estimate of drug-likeness (QED) is 0.553. The molecule has 1 fully saturated rings. The summed E-state index contributed by atoms with van der Waals surface area (Å²) in [4.78, 5) is 48.1. The first kappa shape index (κ1) is 17.9. The summed E-state index contributed by atoms with van der Waals surface area (Å²) in [6, 6.07) is 13.8. The molecule has 136 valence electrons. The number of carbonyl (C=O) groups is 4. The molecule has 4 amide bonds. The highest BCUT2D eigenvalue weighted by atomic mass is 16.4. The highest BCUT2D eigenvalue weighted by Gasteiger charge is 2.34. The third kappa shape index (κ3) is 4.18. The van der Waals surface area contributed by atoms with E-state index in [0.29, 0.717) is 5.69 Å². The summed E-state index contributed by atoms with van der Waals surface area (Å²) in [6.45, 7) is -0.461. The van der Waals surface area contributed by atoms with Gasteiger partial charge in [0.05, 0.1) is 5.56 Å². The zero-order valence-corrected chi connectivity index (χ0v) is 14.0. The number of carbonyl (C=O) groups excluding carboxylic acids is 3. The average Bonchev–Trinajstić information content (AvgIpc) is 2.90. The molecule has 0 radical (unpaired) electrons. The normalized spacial score (nSPS) is 15.0. The number of nitrogens with one attached hydrogen (secondary N) is 2. The van der Waals surface area contributed by atoms with Crippen LogP contribution in [0, 0.1) is 0 Å². The SMILES string of the molecule is O=C(CN1C(=O)N/C(=C\c2ccccc2)C1=O)Nc1ccc(C(=O)O)cc1. The summed E-state index contributed by atoms with van der Waals surface area (Å²) in [5.74, 6) is -2.26. The van der Waals surface area contributed by atoms with Crippen molar-refractivity contribution in [2.24, 2.45) is 0 Å². The van der Waals surface area contributed by atoms with Gasteiger partial charge in [-0.25, -0.2) is 14.5 Å². The maximum atomic E-state index is 12.4. The molecule has 3 rings (SSSR count). The maximum absolute atomic E-state index is 12.4. The molecule has 0 bridgehead atoms. The van der Waals surface area contributed by atoms with Crippen LogP contribution >= 0.6 is 0 Å². The number of nitrogens with zero attached hydrogens (tertiary/aromatic N) is 1. The van der Waals surface area contributed by atoms with Crippen LogP contribution in [0.1, 0.15) is 15.9 Å². The number of urea groups is 1. The van der Waals surface area contributed by atoms with Crippen LogP contribution in [-0.2, 0) is 9.59 Å². The summed E-state index contributed by atoms with van der Waals surface area (Å²) < 4.78 is 0. The molecule has 1 saturated heterocycles. The van der Waals surface area contributed by atoms with Gasteiger partial charge in [0, 0.05) is 5.69 Å². The van der Waals surface area contributed by atoms with Crippen LogP contribution in [0.4, 0.5) is 10.5 Å². The summed E-state index contributed by atoms with van der Waals surface area (Å²) in [5.41, 5.74) is 1.27. The van der Waals surface area contributed by atoms with E-state index in [-0.39, 0.29) is 11.3 Å². The Kier molecular flexibility index (Phi) is 4.98. The van der Waals surface area contributed by atoms with Gasteiger partial charge in [-0.3, -0.25) is 9.59 Å². The third-order valence-electron chi connectivity index (χ3n) is 3.79. The topological polar surface area (TPSA) is 116 Å².